The molecule has 1 N–H and O–H groups in total. The summed E-state index contributed by atoms with van der Waals surface area (Å²) in [5.41, 5.74) is 2.47. The molecule has 0 spiro atoms. The average Bonchev–Trinajstić information content (AvgIpc) is 2.70. The Kier molecular flexibility index (Phi) is 3.19. The van der Waals surface area contributed by atoms with Crippen molar-refractivity contribution in [3.8, 4) is 5.69 Å². The van der Waals surface area contributed by atoms with E-state index in [2.05, 4.69) is 15.6 Å². The number of nitrogens with one attached hydrogen (secondary N) is 1. The van der Waals surface area contributed by atoms with Crippen molar-refractivity contribution in [2.24, 2.45) is 0 Å². The molecule has 17 heavy (non-hydrogen) atoms. The summed E-state index contributed by atoms with van der Waals surface area (Å²) < 4.78 is 14.8. The second-order valence-corrected chi connectivity index (χ2v) is 3.96. The van der Waals surface area contributed by atoms with Crippen molar-refractivity contribution < 1.29 is 4.39 Å². The SMILES string of the molecule is CNC(C)c1nnn(-c2cccc(F)c2)c1C. The highest BCUT2D eigenvalue weighted by molar-refractivity contribution is 5.33. The Bertz CT molecular complexity index is 521. The zero-order valence-corrected chi connectivity index (χ0v) is 10.1. The van der Waals surface area contributed by atoms with E-state index in [0.717, 1.165) is 11.4 Å². The van der Waals surface area contributed by atoms with Crippen LogP contribution in [0.2, 0.25) is 0 Å². The van der Waals surface area contributed by atoms with Gasteiger partial charge in [0, 0.05) is 0 Å². The van der Waals surface area contributed by atoms with Crippen LogP contribution in [-0.2, 0) is 0 Å². The first kappa shape index (κ1) is 11.7. The van der Waals surface area contributed by atoms with Crippen molar-refractivity contribution >= 4 is 0 Å². The maximum Gasteiger partial charge on any atom is 0.125 e. The molecule has 5 heteroatoms. The molecule has 0 saturated carbocycles. The van der Waals surface area contributed by atoms with Crippen molar-refractivity contribution in [3.63, 3.8) is 0 Å². The quantitative estimate of drug-likeness (QED) is 0.883. The van der Waals surface area contributed by atoms with Gasteiger partial charge in [-0.15, -0.1) is 5.10 Å². The van der Waals surface area contributed by atoms with Gasteiger partial charge < -0.3 is 5.32 Å². The summed E-state index contributed by atoms with van der Waals surface area (Å²) in [6.07, 6.45) is 0. The lowest BCUT2D eigenvalue weighted by atomic mass is 10.2. The normalized spacial score (nSPS) is 12.7. The third-order valence-electron chi connectivity index (χ3n) is 2.83. The van der Waals surface area contributed by atoms with Crippen molar-refractivity contribution in [1.29, 1.82) is 0 Å². The summed E-state index contributed by atoms with van der Waals surface area (Å²) in [5, 5.41) is 11.3. The van der Waals surface area contributed by atoms with Gasteiger partial charge in [-0.25, -0.2) is 9.07 Å². The zero-order valence-electron chi connectivity index (χ0n) is 10.1. The number of rotatable bonds is 3. The molecule has 0 aliphatic heterocycles. The van der Waals surface area contributed by atoms with Gasteiger partial charge in [0.2, 0.25) is 0 Å². The van der Waals surface area contributed by atoms with Gasteiger partial charge in [-0.3, -0.25) is 0 Å². The van der Waals surface area contributed by atoms with E-state index in [-0.39, 0.29) is 11.9 Å². The number of hydrogen-bond donors (Lipinski definition) is 1. The van der Waals surface area contributed by atoms with E-state index in [4.69, 9.17) is 0 Å². The molecule has 0 bridgehead atoms. The zero-order chi connectivity index (χ0) is 12.4. The molecule has 4 nitrogen and oxygen atoms in total. The molecule has 1 aromatic heterocycles. The average molecular weight is 234 g/mol. The van der Waals surface area contributed by atoms with Gasteiger partial charge in [0.1, 0.15) is 11.5 Å². The van der Waals surface area contributed by atoms with Gasteiger partial charge in [-0.05, 0) is 39.1 Å². The molecule has 1 atom stereocenters. The highest BCUT2D eigenvalue weighted by Crippen LogP contribution is 2.17. The van der Waals surface area contributed by atoms with E-state index >= 15 is 0 Å². The van der Waals surface area contributed by atoms with Crippen molar-refractivity contribution in [2.75, 3.05) is 7.05 Å². The van der Waals surface area contributed by atoms with E-state index < -0.39 is 0 Å². The summed E-state index contributed by atoms with van der Waals surface area (Å²) in [5.74, 6) is -0.277. The Hall–Kier alpha value is -1.75. The highest BCUT2D eigenvalue weighted by atomic mass is 19.1. The molecule has 90 valence electrons. The minimum atomic E-state index is -0.277. The fraction of sp³-hybridized carbons (Fsp3) is 0.333. The van der Waals surface area contributed by atoms with E-state index in [0.29, 0.717) is 5.69 Å². The van der Waals surface area contributed by atoms with Gasteiger partial charge in [0.15, 0.2) is 0 Å². The van der Waals surface area contributed by atoms with Crippen LogP contribution in [0, 0.1) is 12.7 Å². The number of nitrogens with zero attached hydrogens (tertiary/aromatic N) is 3. The number of aromatic nitrogens is 3. The molecule has 2 aromatic rings. The van der Waals surface area contributed by atoms with Gasteiger partial charge >= 0.3 is 0 Å². The Balaban J connectivity index is 2.44. The van der Waals surface area contributed by atoms with Crippen LogP contribution in [0.25, 0.3) is 5.69 Å². The maximum atomic E-state index is 13.1. The first-order valence-electron chi connectivity index (χ1n) is 5.49. The largest absolute Gasteiger partial charge is 0.312 e. The Morgan fingerprint density at radius 3 is 2.82 bits per heavy atom. The van der Waals surface area contributed by atoms with E-state index in [1.807, 2.05) is 20.9 Å². The van der Waals surface area contributed by atoms with E-state index in [1.165, 1.54) is 12.1 Å². The standard InChI is InChI=1S/C12H15FN4/c1-8(14-3)12-9(2)17(16-15-12)11-6-4-5-10(13)7-11/h4-8,14H,1-3H3. The third-order valence-corrected chi connectivity index (χ3v) is 2.83. The van der Waals surface area contributed by atoms with Crippen molar-refractivity contribution in [1.82, 2.24) is 20.3 Å². The summed E-state index contributed by atoms with van der Waals surface area (Å²) in [6.45, 7) is 3.93. The van der Waals surface area contributed by atoms with Crippen molar-refractivity contribution in [2.45, 2.75) is 19.9 Å². The molecule has 0 fully saturated rings. The lowest BCUT2D eigenvalue weighted by Crippen LogP contribution is -2.14. The van der Waals surface area contributed by atoms with Crippen LogP contribution in [0.1, 0.15) is 24.4 Å². The fourth-order valence-corrected chi connectivity index (χ4v) is 1.73. The first-order valence-corrected chi connectivity index (χ1v) is 5.49. The van der Waals surface area contributed by atoms with E-state index in [9.17, 15) is 4.39 Å². The lowest BCUT2D eigenvalue weighted by molar-refractivity contribution is 0.624. The smallest absolute Gasteiger partial charge is 0.125 e. The Morgan fingerprint density at radius 2 is 2.18 bits per heavy atom. The molecule has 1 heterocycles. The monoisotopic (exact) mass is 234 g/mol. The molecule has 1 aromatic carbocycles. The van der Waals surface area contributed by atoms with Gasteiger partial charge in [-0.2, -0.15) is 0 Å². The van der Waals surface area contributed by atoms with Crippen LogP contribution in [0.5, 0.6) is 0 Å². The molecule has 0 saturated heterocycles. The van der Waals surface area contributed by atoms with Gasteiger partial charge in [0.25, 0.3) is 0 Å². The number of hydrogen-bond acceptors (Lipinski definition) is 3. The minimum Gasteiger partial charge on any atom is -0.312 e. The van der Waals surface area contributed by atoms with Crippen LogP contribution in [0.3, 0.4) is 0 Å². The first-order chi connectivity index (χ1) is 8.13. The lowest BCUT2D eigenvalue weighted by Gasteiger charge is -2.08. The Morgan fingerprint density at radius 1 is 1.41 bits per heavy atom. The highest BCUT2D eigenvalue weighted by Gasteiger charge is 2.14. The van der Waals surface area contributed by atoms with Crippen LogP contribution in [0.4, 0.5) is 4.39 Å². The van der Waals surface area contributed by atoms with Crippen LogP contribution in [-0.4, -0.2) is 22.0 Å². The van der Waals surface area contributed by atoms with Crippen LogP contribution >= 0.6 is 0 Å². The van der Waals surface area contributed by atoms with Crippen LogP contribution in [0.15, 0.2) is 24.3 Å². The molecule has 0 aliphatic carbocycles. The van der Waals surface area contributed by atoms with Crippen molar-refractivity contribution in [3.05, 3.63) is 41.5 Å². The summed E-state index contributed by atoms with van der Waals surface area (Å²) >= 11 is 0. The second kappa shape index (κ2) is 4.63. The minimum absolute atomic E-state index is 0.123. The summed E-state index contributed by atoms with van der Waals surface area (Å²) in [4.78, 5) is 0. The summed E-state index contributed by atoms with van der Waals surface area (Å²) in [6, 6.07) is 6.44. The molecular weight excluding hydrogens is 219 g/mol. The molecule has 0 aliphatic rings. The van der Waals surface area contributed by atoms with Gasteiger partial charge in [0.05, 0.1) is 17.4 Å². The summed E-state index contributed by atoms with van der Waals surface area (Å²) in [7, 11) is 1.87. The topological polar surface area (TPSA) is 42.7 Å². The third kappa shape index (κ3) is 2.19. The molecule has 2 rings (SSSR count). The molecule has 1 unspecified atom stereocenters. The number of benzene rings is 1. The molecule has 0 radical (unpaired) electrons. The predicted octanol–water partition coefficient (Wildman–Crippen LogP) is 2.00. The maximum absolute atomic E-state index is 13.1. The van der Waals surface area contributed by atoms with Gasteiger partial charge in [-0.1, -0.05) is 11.3 Å². The fourth-order valence-electron chi connectivity index (χ4n) is 1.73. The van der Waals surface area contributed by atoms with E-state index in [1.54, 1.807) is 16.8 Å². The number of halogens is 1. The molecular formula is C12H15FN4. The molecule has 0 amide bonds. The second-order valence-electron chi connectivity index (χ2n) is 3.96. The predicted molar refractivity (Wildman–Crippen MR) is 63.5 cm³/mol. The van der Waals surface area contributed by atoms with Crippen LogP contribution < -0.4 is 5.32 Å². The Labute approximate surface area is 99.5 Å².